The average Bonchev–Trinajstić information content (AvgIpc) is 2.79. The minimum Gasteiger partial charge on any atom is -0.310 e. The molecule has 0 spiro atoms. The topological polar surface area (TPSA) is 42.7 Å². The summed E-state index contributed by atoms with van der Waals surface area (Å²) in [5.74, 6) is 0.850. The molecule has 0 aliphatic carbocycles. The van der Waals surface area contributed by atoms with Crippen LogP contribution in [0.25, 0.3) is 0 Å². The molecule has 0 atom stereocenters. The van der Waals surface area contributed by atoms with E-state index in [1.54, 1.807) is 6.33 Å². The van der Waals surface area contributed by atoms with Crippen molar-refractivity contribution in [2.75, 3.05) is 6.54 Å². The Labute approximate surface area is 108 Å². The number of hydrogen-bond donors (Lipinski definition) is 1. The molecule has 4 heteroatoms. The minimum absolute atomic E-state index is 0.732. The van der Waals surface area contributed by atoms with Gasteiger partial charge in [-0.1, -0.05) is 25.1 Å². The van der Waals surface area contributed by atoms with Gasteiger partial charge in [-0.05, 0) is 37.1 Å². The molecule has 4 nitrogen and oxygen atoms in total. The van der Waals surface area contributed by atoms with Crippen LogP contribution >= 0.6 is 0 Å². The number of benzene rings is 1. The average molecular weight is 244 g/mol. The van der Waals surface area contributed by atoms with E-state index in [-0.39, 0.29) is 0 Å². The lowest BCUT2D eigenvalue weighted by Gasteiger charge is -2.08. The van der Waals surface area contributed by atoms with Crippen molar-refractivity contribution in [2.24, 2.45) is 0 Å². The Balaban J connectivity index is 2.11. The van der Waals surface area contributed by atoms with Gasteiger partial charge in [-0.25, -0.2) is 9.67 Å². The van der Waals surface area contributed by atoms with Gasteiger partial charge >= 0.3 is 0 Å². The molecule has 96 valence electrons. The molecule has 1 heterocycles. The quantitative estimate of drug-likeness (QED) is 0.875. The summed E-state index contributed by atoms with van der Waals surface area (Å²) in [5, 5.41) is 7.69. The van der Waals surface area contributed by atoms with Gasteiger partial charge in [0.1, 0.15) is 6.33 Å². The number of hydrogen-bond acceptors (Lipinski definition) is 3. The molecule has 1 N–H and O–H groups in total. The maximum Gasteiger partial charge on any atom is 0.164 e. The molecule has 1 aromatic heterocycles. The third-order valence-corrected chi connectivity index (χ3v) is 3.08. The zero-order chi connectivity index (χ0) is 13.0. The molecule has 0 saturated carbocycles. The predicted octanol–water partition coefficient (Wildman–Crippen LogP) is 2.05. The Hall–Kier alpha value is -1.68. The molecule has 0 bridgehead atoms. The van der Waals surface area contributed by atoms with Crippen LogP contribution in [0.5, 0.6) is 0 Å². The SMILES string of the molecule is CCNCc1ncn(Cc2c(C)cccc2C)n1. The van der Waals surface area contributed by atoms with E-state index in [0.29, 0.717) is 0 Å². The standard InChI is InChI=1S/C14H20N4/c1-4-15-8-14-16-10-18(17-14)9-13-11(2)6-5-7-12(13)3/h5-7,10,15H,4,8-9H2,1-3H3. The van der Waals surface area contributed by atoms with E-state index >= 15 is 0 Å². The monoisotopic (exact) mass is 244 g/mol. The molecular weight excluding hydrogens is 224 g/mol. The molecule has 0 saturated heterocycles. The smallest absolute Gasteiger partial charge is 0.164 e. The van der Waals surface area contributed by atoms with E-state index in [1.807, 2.05) is 4.68 Å². The zero-order valence-electron chi connectivity index (χ0n) is 11.3. The van der Waals surface area contributed by atoms with Gasteiger partial charge in [-0.3, -0.25) is 0 Å². The Bertz CT molecular complexity index is 496. The normalized spacial score (nSPS) is 10.8. The molecule has 18 heavy (non-hydrogen) atoms. The summed E-state index contributed by atoms with van der Waals surface area (Å²) < 4.78 is 1.90. The molecule has 2 rings (SSSR count). The lowest BCUT2D eigenvalue weighted by Crippen LogP contribution is -2.13. The second kappa shape index (κ2) is 5.78. The molecule has 0 fully saturated rings. The number of nitrogens with one attached hydrogen (secondary N) is 1. The van der Waals surface area contributed by atoms with E-state index in [2.05, 4.69) is 54.4 Å². The minimum atomic E-state index is 0.732. The maximum absolute atomic E-state index is 4.47. The van der Waals surface area contributed by atoms with Crippen LogP contribution in [-0.2, 0) is 13.1 Å². The van der Waals surface area contributed by atoms with Gasteiger partial charge in [0, 0.05) is 0 Å². The van der Waals surface area contributed by atoms with Crippen LogP contribution < -0.4 is 5.32 Å². The molecule has 0 unspecified atom stereocenters. The van der Waals surface area contributed by atoms with Crippen molar-refractivity contribution in [1.82, 2.24) is 20.1 Å². The maximum atomic E-state index is 4.47. The Morgan fingerprint density at radius 2 is 1.94 bits per heavy atom. The van der Waals surface area contributed by atoms with E-state index in [0.717, 1.165) is 25.5 Å². The number of nitrogens with zero attached hydrogens (tertiary/aromatic N) is 3. The fourth-order valence-electron chi connectivity index (χ4n) is 1.99. The van der Waals surface area contributed by atoms with Gasteiger partial charge in [-0.2, -0.15) is 5.10 Å². The summed E-state index contributed by atoms with van der Waals surface area (Å²) >= 11 is 0. The Kier molecular flexibility index (Phi) is 4.10. The van der Waals surface area contributed by atoms with Crippen LogP contribution in [0.15, 0.2) is 24.5 Å². The summed E-state index contributed by atoms with van der Waals surface area (Å²) in [4.78, 5) is 4.30. The summed E-state index contributed by atoms with van der Waals surface area (Å²) in [6.45, 7) is 8.81. The molecular formula is C14H20N4. The van der Waals surface area contributed by atoms with Crippen LogP contribution in [0.1, 0.15) is 29.4 Å². The second-order valence-corrected chi connectivity index (χ2v) is 4.51. The first kappa shape index (κ1) is 12.8. The van der Waals surface area contributed by atoms with Crippen LogP contribution in [0.4, 0.5) is 0 Å². The molecule has 2 aromatic rings. The van der Waals surface area contributed by atoms with Crippen molar-refractivity contribution in [3.05, 3.63) is 47.0 Å². The summed E-state index contributed by atoms with van der Waals surface area (Å²) in [6, 6.07) is 6.36. The molecule has 0 aliphatic heterocycles. The molecule has 0 aliphatic rings. The molecule has 1 aromatic carbocycles. The van der Waals surface area contributed by atoms with E-state index in [9.17, 15) is 0 Å². The fourth-order valence-corrected chi connectivity index (χ4v) is 1.99. The largest absolute Gasteiger partial charge is 0.310 e. The van der Waals surface area contributed by atoms with Crippen molar-refractivity contribution < 1.29 is 0 Å². The summed E-state index contributed by atoms with van der Waals surface area (Å²) in [5.41, 5.74) is 3.94. The first-order valence-corrected chi connectivity index (χ1v) is 6.35. The first-order valence-electron chi connectivity index (χ1n) is 6.35. The third-order valence-electron chi connectivity index (χ3n) is 3.08. The molecule has 0 radical (unpaired) electrons. The predicted molar refractivity (Wildman–Crippen MR) is 72.4 cm³/mol. The van der Waals surface area contributed by atoms with E-state index in [4.69, 9.17) is 0 Å². The highest BCUT2D eigenvalue weighted by molar-refractivity contribution is 5.33. The van der Waals surface area contributed by atoms with Gasteiger partial charge in [0.25, 0.3) is 0 Å². The van der Waals surface area contributed by atoms with Crippen molar-refractivity contribution in [3.8, 4) is 0 Å². The highest BCUT2D eigenvalue weighted by Gasteiger charge is 2.05. The van der Waals surface area contributed by atoms with E-state index in [1.165, 1.54) is 16.7 Å². The summed E-state index contributed by atoms with van der Waals surface area (Å²) in [7, 11) is 0. The first-order chi connectivity index (χ1) is 8.70. The highest BCUT2D eigenvalue weighted by Crippen LogP contribution is 2.14. The van der Waals surface area contributed by atoms with Gasteiger partial charge in [0.2, 0.25) is 0 Å². The van der Waals surface area contributed by atoms with Gasteiger partial charge in [0.05, 0.1) is 13.1 Å². The zero-order valence-corrected chi connectivity index (χ0v) is 11.3. The van der Waals surface area contributed by atoms with Crippen molar-refractivity contribution in [3.63, 3.8) is 0 Å². The van der Waals surface area contributed by atoms with Crippen LogP contribution in [0.2, 0.25) is 0 Å². The third kappa shape index (κ3) is 2.96. The summed E-state index contributed by atoms with van der Waals surface area (Å²) in [6.07, 6.45) is 1.80. The Morgan fingerprint density at radius 3 is 2.61 bits per heavy atom. The lowest BCUT2D eigenvalue weighted by atomic mass is 10.0. The van der Waals surface area contributed by atoms with Crippen molar-refractivity contribution >= 4 is 0 Å². The fraction of sp³-hybridized carbons (Fsp3) is 0.429. The van der Waals surface area contributed by atoms with Crippen LogP contribution in [0, 0.1) is 13.8 Å². The van der Waals surface area contributed by atoms with Crippen LogP contribution in [-0.4, -0.2) is 21.3 Å². The van der Waals surface area contributed by atoms with Crippen LogP contribution in [0.3, 0.4) is 0 Å². The Morgan fingerprint density at radius 1 is 1.22 bits per heavy atom. The second-order valence-electron chi connectivity index (χ2n) is 4.51. The number of aryl methyl sites for hydroxylation is 2. The van der Waals surface area contributed by atoms with Gasteiger partial charge in [-0.15, -0.1) is 0 Å². The lowest BCUT2D eigenvalue weighted by molar-refractivity contribution is 0.640. The van der Waals surface area contributed by atoms with Crippen molar-refractivity contribution in [1.29, 1.82) is 0 Å². The molecule has 0 amide bonds. The number of rotatable bonds is 5. The van der Waals surface area contributed by atoms with E-state index < -0.39 is 0 Å². The number of aromatic nitrogens is 3. The van der Waals surface area contributed by atoms with Gasteiger partial charge < -0.3 is 5.32 Å². The van der Waals surface area contributed by atoms with Gasteiger partial charge in [0.15, 0.2) is 5.82 Å². The highest BCUT2D eigenvalue weighted by atomic mass is 15.3. The van der Waals surface area contributed by atoms with Crippen molar-refractivity contribution in [2.45, 2.75) is 33.9 Å².